The van der Waals surface area contributed by atoms with Crippen LogP contribution in [0.5, 0.6) is 0 Å². The molecule has 1 saturated carbocycles. The van der Waals surface area contributed by atoms with Crippen molar-refractivity contribution in [2.24, 2.45) is 0 Å². The highest BCUT2D eigenvalue weighted by molar-refractivity contribution is 7.47. The van der Waals surface area contributed by atoms with Crippen molar-refractivity contribution in [3.8, 4) is 0 Å². The van der Waals surface area contributed by atoms with Crippen LogP contribution in [0.4, 0.5) is 0 Å². The second-order valence-corrected chi connectivity index (χ2v) is 19.4. The molecule has 0 aliphatic heterocycles. The molecule has 0 aromatic carbocycles. The minimum absolute atomic E-state index is 0.0522. The molecule has 0 spiro atoms. The Morgan fingerprint density at radius 2 is 0.803 bits per heavy atom. The van der Waals surface area contributed by atoms with E-state index >= 15 is 0 Å². The van der Waals surface area contributed by atoms with Crippen LogP contribution in [0, 0.1) is 0 Å². The maximum atomic E-state index is 13.0. The summed E-state index contributed by atoms with van der Waals surface area (Å²) in [6, 6.07) is 0. The first-order valence-electron chi connectivity index (χ1n) is 23.6. The van der Waals surface area contributed by atoms with E-state index in [1.807, 2.05) is 0 Å². The van der Waals surface area contributed by atoms with Gasteiger partial charge >= 0.3 is 27.6 Å². The molecule has 0 radical (unpaired) electrons. The van der Waals surface area contributed by atoms with Gasteiger partial charge in [-0.15, -0.1) is 0 Å². The first kappa shape index (κ1) is 58.0. The number of ether oxygens (including phenoxy) is 2. The summed E-state index contributed by atoms with van der Waals surface area (Å²) >= 11 is 0. The van der Waals surface area contributed by atoms with Gasteiger partial charge in [0, 0.05) is 12.8 Å². The van der Waals surface area contributed by atoms with Crippen molar-refractivity contribution in [3.63, 3.8) is 0 Å². The van der Waals surface area contributed by atoms with E-state index in [0.717, 1.165) is 51.4 Å². The molecule has 0 aromatic rings. The van der Waals surface area contributed by atoms with Gasteiger partial charge in [-0.05, 0) is 12.8 Å². The molecule has 0 aromatic heterocycles. The molecule has 1 aliphatic rings. The van der Waals surface area contributed by atoms with Crippen LogP contribution < -0.4 is 0 Å². The SMILES string of the molecule is CCCCCCCCCCCCCCCCCC(=O)OC(COC(=O)CCCCCCCCCCCCCCC)COP(=O)(O)OC1C(O)C(O)C(O)C(OP(=O)(O)O)C1O. The first-order valence-corrected chi connectivity index (χ1v) is 26.6. The minimum atomic E-state index is -5.36. The van der Waals surface area contributed by atoms with E-state index in [1.54, 1.807) is 0 Å². The molecule has 362 valence electrons. The molecule has 1 rings (SSSR count). The summed E-state index contributed by atoms with van der Waals surface area (Å²) < 4.78 is 49.3. The zero-order valence-electron chi connectivity index (χ0n) is 37.4. The predicted molar refractivity (Wildman–Crippen MR) is 232 cm³/mol. The zero-order chi connectivity index (χ0) is 45.4. The number of unbranched alkanes of at least 4 members (excludes halogenated alkanes) is 26. The lowest BCUT2D eigenvalue weighted by molar-refractivity contribution is -0.216. The molecule has 0 saturated heterocycles. The largest absolute Gasteiger partial charge is 0.472 e. The number of aliphatic hydroxyl groups excluding tert-OH is 4. The zero-order valence-corrected chi connectivity index (χ0v) is 39.2. The second-order valence-electron chi connectivity index (χ2n) is 16.8. The topological polar surface area (TPSA) is 256 Å². The summed E-state index contributed by atoms with van der Waals surface area (Å²) in [6.07, 6.45) is 17.8. The van der Waals surface area contributed by atoms with Gasteiger partial charge in [-0.25, -0.2) is 9.13 Å². The normalized spacial score (nSPS) is 22.2. The van der Waals surface area contributed by atoms with E-state index in [4.69, 9.17) is 28.3 Å². The summed E-state index contributed by atoms with van der Waals surface area (Å²) in [7, 11) is -10.7. The molecule has 61 heavy (non-hydrogen) atoms. The number of phosphoric ester groups is 2. The number of rotatable bonds is 40. The maximum absolute atomic E-state index is 13.0. The number of carbonyl (C=O) groups is 2. The van der Waals surface area contributed by atoms with Crippen LogP contribution >= 0.6 is 15.6 Å². The Morgan fingerprint density at radius 1 is 0.459 bits per heavy atom. The first-order chi connectivity index (χ1) is 29.1. The summed E-state index contributed by atoms with van der Waals surface area (Å²) in [4.78, 5) is 54.2. The second kappa shape index (κ2) is 35.3. The van der Waals surface area contributed by atoms with Crippen LogP contribution in [0.2, 0.25) is 0 Å². The Hall–Kier alpha value is -1.00. The van der Waals surface area contributed by atoms with Gasteiger partial charge < -0.3 is 44.6 Å². The average molecular weight is 919 g/mol. The number of aliphatic hydroxyl groups is 4. The van der Waals surface area contributed by atoms with Crippen LogP contribution in [0.3, 0.4) is 0 Å². The van der Waals surface area contributed by atoms with Crippen LogP contribution in [0.1, 0.15) is 206 Å². The Kier molecular flexibility index (Phi) is 33.6. The molecule has 16 nitrogen and oxygen atoms in total. The van der Waals surface area contributed by atoms with Crippen LogP contribution in [0.25, 0.3) is 0 Å². The van der Waals surface area contributed by atoms with Crippen molar-refractivity contribution >= 4 is 27.6 Å². The van der Waals surface area contributed by atoms with Crippen molar-refractivity contribution in [1.29, 1.82) is 0 Å². The lowest BCUT2D eigenvalue weighted by atomic mass is 9.85. The Balaban J connectivity index is 2.59. The summed E-state index contributed by atoms with van der Waals surface area (Å²) in [5.74, 6) is -1.19. The van der Waals surface area contributed by atoms with Gasteiger partial charge in [-0.3, -0.25) is 23.2 Å². The highest BCUT2D eigenvalue weighted by Crippen LogP contribution is 2.49. The third kappa shape index (κ3) is 30.0. The molecular weight excluding hydrogens is 834 g/mol. The Bertz CT molecular complexity index is 1200. The number of hydrogen-bond acceptors (Lipinski definition) is 13. The van der Waals surface area contributed by atoms with E-state index in [1.165, 1.54) is 116 Å². The van der Waals surface area contributed by atoms with E-state index in [-0.39, 0.29) is 12.8 Å². The van der Waals surface area contributed by atoms with Crippen LogP contribution in [-0.2, 0) is 41.8 Å². The lowest BCUT2D eigenvalue weighted by Crippen LogP contribution is -2.64. The quantitative estimate of drug-likeness (QED) is 0.0172. The maximum Gasteiger partial charge on any atom is 0.472 e. The van der Waals surface area contributed by atoms with Crippen LogP contribution in [-0.4, -0.2) is 103 Å². The van der Waals surface area contributed by atoms with Crippen molar-refractivity contribution in [1.82, 2.24) is 0 Å². The Labute approximate surface area is 366 Å². The molecule has 1 fully saturated rings. The summed E-state index contributed by atoms with van der Waals surface area (Å²) in [6.45, 7) is 3.12. The average Bonchev–Trinajstić information content (AvgIpc) is 3.21. The monoisotopic (exact) mass is 919 g/mol. The van der Waals surface area contributed by atoms with E-state index in [9.17, 15) is 44.0 Å². The Morgan fingerprint density at radius 3 is 1.18 bits per heavy atom. The minimum Gasteiger partial charge on any atom is -0.462 e. The van der Waals surface area contributed by atoms with Gasteiger partial charge in [0.25, 0.3) is 0 Å². The van der Waals surface area contributed by atoms with Gasteiger partial charge in [-0.2, -0.15) is 0 Å². The number of hydrogen-bond donors (Lipinski definition) is 7. The molecular formula is C43H84O16P2. The van der Waals surface area contributed by atoms with Crippen LogP contribution in [0.15, 0.2) is 0 Å². The molecule has 18 heteroatoms. The summed E-state index contributed by atoms with van der Waals surface area (Å²) in [5.41, 5.74) is 0. The third-order valence-electron chi connectivity index (χ3n) is 11.2. The standard InChI is InChI=1S/C43H84O16P2/c1-3-5-7-9-11-13-15-17-18-20-22-24-26-28-30-32-37(45)57-35(33-55-36(44)31-29-27-25-23-21-19-16-14-12-10-8-6-4-2)34-56-61(53,54)59-43-40(48)38(46)39(47)42(41(43)49)58-60(50,51)52/h35,38-43,46-49H,3-34H2,1-2H3,(H,53,54)(H2,50,51,52). The molecule has 0 amide bonds. The van der Waals surface area contributed by atoms with Crippen molar-refractivity contribution in [2.75, 3.05) is 13.2 Å². The van der Waals surface area contributed by atoms with Crippen molar-refractivity contribution < 1.29 is 76.9 Å². The fourth-order valence-corrected chi connectivity index (χ4v) is 9.04. The van der Waals surface area contributed by atoms with Crippen molar-refractivity contribution in [3.05, 3.63) is 0 Å². The van der Waals surface area contributed by atoms with E-state index in [0.29, 0.717) is 12.8 Å². The molecule has 1 aliphatic carbocycles. The predicted octanol–water partition coefficient (Wildman–Crippen LogP) is 8.62. The van der Waals surface area contributed by atoms with Gasteiger partial charge in [0.05, 0.1) is 6.61 Å². The highest BCUT2D eigenvalue weighted by Gasteiger charge is 2.54. The van der Waals surface area contributed by atoms with E-state index in [2.05, 4.69) is 18.4 Å². The number of esters is 2. The van der Waals surface area contributed by atoms with Gasteiger partial charge in [0.1, 0.15) is 43.2 Å². The molecule has 0 heterocycles. The molecule has 7 N–H and O–H groups in total. The molecule has 8 atom stereocenters. The fourth-order valence-electron chi connectivity index (χ4n) is 7.50. The highest BCUT2D eigenvalue weighted by atomic mass is 31.2. The van der Waals surface area contributed by atoms with Gasteiger partial charge in [-0.1, -0.05) is 181 Å². The van der Waals surface area contributed by atoms with Gasteiger partial charge in [0.2, 0.25) is 0 Å². The fraction of sp³-hybridized carbons (Fsp3) is 0.953. The number of phosphoric acid groups is 2. The smallest absolute Gasteiger partial charge is 0.462 e. The van der Waals surface area contributed by atoms with Gasteiger partial charge in [0.15, 0.2) is 6.10 Å². The molecule has 8 unspecified atom stereocenters. The third-order valence-corrected chi connectivity index (χ3v) is 12.7. The van der Waals surface area contributed by atoms with E-state index < -0.39 is 83.5 Å². The summed E-state index contributed by atoms with van der Waals surface area (Å²) in [5, 5.41) is 41.2. The van der Waals surface area contributed by atoms with Crippen molar-refractivity contribution in [2.45, 2.75) is 249 Å². The number of carbonyl (C=O) groups excluding carboxylic acids is 2. The lowest BCUT2D eigenvalue weighted by Gasteiger charge is -2.43. The molecule has 0 bridgehead atoms.